The van der Waals surface area contributed by atoms with Crippen LogP contribution in [0.2, 0.25) is 0 Å². The standard InChI is InChI=1S/C12H7F3IN/c13-12(14,15)9-5-3-8(4-6-9)11-10(16)2-1-7-17-11/h1-7H. The number of benzene rings is 1. The zero-order chi connectivity index (χ0) is 12.5. The summed E-state index contributed by atoms with van der Waals surface area (Å²) in [4.78, 5) is 4.15. The molecule has 1 aromatic heterocycles. The zero-order valence-corrected chi connectivity index (χ0v) is 10.7. The summed E-state index contributed by atoms with van der Waals surface area (Å²) in [7, 11) is 0. The van der Waals surface area contributed by atoms with Gasteiger partial charge < -0.3 is 0 Å². The van der Waals surface area contributed by atoms with Gasteiger partial charge in [-0.05, 0) is 46.9 Å². The highest BCUT2D eigenvalue weighted by Crippen LogP contribution is 2.31. The summed E-state index contributed by atoms with van der Waals surface area (Å²) < 4.78 is 38.1. The smallest absolute Gasteiger partial charge is 0.255 e. The molecule has 88 valence electrons. The second-order valence-corrected chi connectivity index (χ2v) is 4.57. The van der Waals surface area contributed by atoms with Crippen molar-refractivity contribution in [2.45, 2.75) is 6.18 Å². The number of pyridine rings is 1. The number of aromatic nitrogens is 1. The average molecular weight is 349 g/mol. The van der Waals surface area contributed by atoms with Crippen molar-refractivity contribution in [3.8, 4) is 11.3 Å². The molecule has 1 nitrogen and oxygen atoms in total. The highest BCUT2D eigenvalue weighted by molar-refractivity contribution is 14.1. The lowest BCUT2D eigenvalue weighted by atomic mass is 10.1. The normalized spacial score (nSPS) is 11.5. The van der Waals surface area contributed by atoms with Crippen molar-refractivity contribution in [2.24, 2.45) is 0 Å². The minimum absolute atomic E-state index is 0.646. The Morgan fingerprint density at radius 3 is 2.18 bits per heavy atom. The molecule has 0 spiro atoms. The van der Waals surface area contributed by atoms with Crippen molar-refractivity contribution >= 4 is 22.6 Å². The molecule has 0 saturated carbocycles. The predicted octanol–water partition coefficient (Wildman–Crippen LogP) is 4.37. The first-order valence-electron chi connectivity index (χ1n) is 4.76. The minimum atomic E-state index is -4.30. The molecule has 0 bridgehead atoms. The molecule has 0 aliphatic rings. The van der Waals surface area contributed by atoms with Crippen LogP contribution in [0.15, 0.2) is 42.6 Å². The molecular formula is C12H7F3IN. The summed E-state index contributed by atoms with van der Waals surface area (Å²) in [5, 5.41) is 0. The second kappa shape index (κ2) is 4.64. The Kier molecular flexibility index (Phi) is 3.37. The van der Waals surface area contributed by atoms with E-state index >= 15 is 0 Å². The molecule has 0 saturated heterocycles. The maximum absolute atomic E-state index is 12.4. The molecule has 0 amide bonds. The van der Waals surface area contributed by atoms with Gasteiger partial charge in [0, 0.05) is 15.3 Å². The van der Waals surface area contributed by atoms with Gasteiger partial charge in [-0.1, -0.05) is 12.1 Å². The number of alkyl halides is 3. The number of halogens is 4. The van der Waals surface area contributed by atoms with E-state index in [0.29, 0.717) is 11.3 Å². The first-order valence-corrected chi connectivity index (χ1v) is 5.84. The molecule has 0 aliphatic carbocycles. The lowest BCUT2D eigenvalue weighted by Crippen LogP contribution is -2.04. The van der Waals surface area contributed by atoms with E-state index in [2.05, 4.69) is 27.6 Å². The van der Waals surface area contributed by atoms with E-state index in [-0.39, 0.29) is 0 Å². The van der Waals surface area contributed by atoms with Crippen LogP contribution in [0, 0.1) is 3.57 Å². The Labute approximate surface area is 110 Å². The Balaban J connectivity index is 2.40. The highest BCUT2D eigenvalue weighted by Gasteiger charge is 2.30. The second-order valence-electron chi connectivity index (χ2n) is 3.41. The molecule has 0 unspecified atom stereocenters. The molecule has 0 aliphatic heterocycles. The Morgan fingerprint density at radius 2 is 1.65 bits per heavy atom. The summed E-state index contributed by atoms with van der Waals surface area (Å²) >= 11 is 2.10. The van der Waals surface area contributed by atoms with Gasteiger partial charge in [-0.2, -0.15) is 13.2 Å². The van der Waals surface area contributed by atoms with E-state index in [4.69, 9.17) is 0 Å². The maximum atomic E-state index is 12.4. The maximum Gasteiger partial charge on any atom is 0.416 e. The van der Waals surface area contributed by atoms with Gasteiger partial charge in [-0.15, -0.1) is 0 Å². The van der Waals surface area contributed by atoms with Crippen molar-refractivity contribution in [1.29, 1.82) is 0 Å². The van der Waals surface area contributed by atoms with Crippen LogP contribution in [-0.2, 0) is 6.18 Å². The number of hydrogen-bond acceptors (Lipinski definition) is 1. The van der Waals surface area contributed by atoms with Gasteiger partial charge in [0.1, 0.15) is 0 Å². The molecule has 0 radical (unpaired) electrons. The van der Waals surface area contributed by atoms with Gasteiger partial charge in [-0.25, -0.2) is 0 Å². The van der Waals surface area contributed by atoms with Crippen LogP contribution in [0.3, 0.4) is 0 Å². The Morgan fingerprint density at radius 1 is 1.00 bits per heavy atom. The minimum Gasteiger partial charge on any atom is -0.255 e. The van der Waals surface area contributed by atoms with E-state index in [1.807, 2.05) is 6.07 Å². The quantitative estimate of drug-likeness (QED) is 0.697. The fraction of sp³-hybridized carbons (Fsp3) is 0.0833. The largest absolute Gasteiger partial charge is 0.416 e. The van der Waals surface area contributed by atoms with Crippen molar-refractivity contribution in [2.75, 3.05) is 0 Å². The highest BCUT2D eigenvalue weighted by atomic mass is 127. The molecule has 1 aromatic carbocycles. The van der Waals surface area contributed by atoms with Crippen LogP contribution in [0.4, 0.5) is 13.2 Å². The van der Waals surface area contributed by atoms with E-state index in [9.17, 15) is 13.2 Å². The third-order valence-corrected chi connectivity index (χ3v) is 3.11. The predicted molar refractivity (Wildman–Crippen MR) is 67.4 cm³/mol. The summed E-state index contributed by atoms with van der Waals surface area (Å²) in [5.41, 5.74) is 0.733. The molecular weight excluding hydrogens is 342 g/mol. The van der Waals surface area contributed by atoms with Gasteiger partial charge in [0.15, 0.2) is 0 Å². The topological polar surface area (TPSA) is 12.9 Å². The van der Waals surface area contributed by atoms with Crippen LogP contribution in [-0.4, -0.2) is 4.98 Å². The SMILES string of the molecule is FC(F)(F)c1ccc(-c2ncccc2I)cc1. The Hall–Kier alpha value is -1.11. The van der Waals surface area contributed by atoms with Crippen molar-refractivity contribution < 1.29 is 13.2 Å². The average Bonchev–Trinajstić information content (AvgIpc) is 2.29. The fourth-order valence-electron chi connectivity index (χ4n) is 1.42. The van der Waals surface area contributed by atoms with Crippen LogP contribution < -0.4 is 0 Å². The summed E-state index contributed by atoms with van der Waals surface area (Å²) in [6, 6.07) is 8.66. The first-order chi connectivity index (χ1) is 7.98. The molecule has 0 fully saturated rings. The summed E-state index contributed by atoms with van der Waals surface area (Å²) in [6.07, 6.45) is -2.68. The first kappa shape index (κ1) is 12.3. The Bertz CT molecular complexity index is 520. The van der Waals surface area contributed by atoms with Gasteiger partial charge in [0.25, 0.3) is 0 Å². The van der Waals surface area contributed by atoms with Crippen LogP contribution in [0.25, 0.3) is 11.3 Å². The number of nitrogens with zero attached hydrogens (tertiary/aromatic N) is 1. The molecule has 0 atom stereocenters. The van der Waals surface area contributed by atoms with E-state index in [1.165, 1.54) is 12.1 Å². The monoisotopic (exact) mass is 349 g/mol. The van der Waals surface area contributed by atoms with Crippen LogP contribution in [0.5, 0.6) is 0 Å². The van der Waals surface area contributed by atoms with Gasteiger partial charge >= 0.3 is 6.18 Å². The van der Waals surface area contributed by atoms with E-state index in [1.54, 1.807) is 12.3 Å². The molecule has 0 N–H and O–H groups in total. The molecule has 2 aromatic rings. The van der Waals surface area contributed by atoms with Gasteiger partial charge in [0.2, 0.25) is 0 Å². The summed E-state index contributed by atoms with van der Waals surface area (Å²) in [6.45, 7) is 0. The zero-order valence-electron chi connectivity index (χ0n) is 8.50. The summed E-state index contributed by atoms with van der Waals surface area (Å²) in [5.74, 6) is 0. The van der Waals surface area contributed by atoms with E-state index in [0.717, 1.165) is 15.7 Å². The lowest BCUT2D eigenvalue weighted by Gasteiger charge is -2.08. The van der Waals surface area contributed by atoms with Crippen LogP contribution >= 0.6 is 22.6 Å². The fourth-order valence-corrected chi connectivity index (χ4v) is 2.07. The van der Waals surface area contributed by atoms with Gasteiger partial charge in [0.05, 0.1) is 11.3 Å². The third kappa shape index (κ3) is 2.77. The number of rotatable bonds is 1. The molecule has 17 heavy (non-hydrogen) atoms. The van der Waals surface area contributed by atoms with Crippen molar-refractivity contribution in [3.63, 3.8) is 0 Å². The van der Waals surface area contributed by atoms with Gasteiger partial charge in [-0.3, -0.25) is 4.98 Å². The lowest BCUT2D eigenvalue weighted by molar-refractivity contribution is -0.137. The molecule has 5 heteroatoms. The van der Waals surface area contributed by atoms with Crippen molar-refractivity contribution in [3.05, 3.63) is 51.7 Å². The van der Waals surface area contributed by atoms with E-state index < -0.39 is 11.7 Å². The molecule has 1 heterocycles. The molecule has 2 rings (SSSR count). The van der Waals surface area contributed by atoms with Crippen LogP contribution in [0.1, 0.15) is 5.56 Å². The number of hydrogen-bond donors (Lipinski definition) is 0. The third-order valence-electron chi connectivity index (χ3n) is 2.24. The van der Waals surface area contributed by atoms with Crippen molar-refractivity contribution in [1.82, 2.24) is 4.98 Å².